The SMILES string of the molecule is CCCn1c(C2(N)CCC2)nc2ccc(Cl)cc21. The van der Waals surface area contributed by atoms with E-state index >= 15 is 0 Å². The van der Waals surface area contributed by atoms with Crippen LogP contribution < -0.4 is 5.73 Å². The summed E-state index contributed by atoms with van der Waals surface area (Å²) in [4.78, 5) is 4.75. The molecule has 1 aliphatic carbocycles. The van der Waals surface area contributed by atoms with E-state index in [-0.39, 0.29) is 5.54 Å². The van der Waals surface area contributed by atoms with Crippen LogP contribution in [0.1, 0.15) is 38.4 Å². The number of aryl methyl sites for hydroxylation is 1. The molecule has 0 saturated heterocycles. The number of halogens is 1. The van der Waals surface area contributed by atoms with Crippen molar-refractivity contribution in [1.29, 1.82) is 0 Å². The van der Waals surface area contributed by atoms with Crippen molar-refractivity contribution in [2.24, 2.45) is 5.73 Å². The highest BCUT2D eigenvalue weighted by Crippen LogP contribution is 2.39. The van der Waals surface area contributed by atoms with Gasteiger partial charge in [0.25, 0.3) is 0 Å². The van der Waals surface area contributed by atoms with Gasteiger partial charge in [-0.3, -0.25) is 0 Å². The summed E-state index contributed by atoms with van der Waals surface area (Å²) in [5.41, 5.74) is 8.33. The Balaban J connectivity index is 2.20. The molecule has 1 aromatic heterocycles. The van der Waals surface area contributed by atoms with Gasteiger partial charge in [0.1, 0.15) is 5.82 Å². The Morgan fingerprint density at radius 2 is 2.22 bits per heavy atom. The van der Waals surface area contributed by atoms with E-state index in [9.17, 15) is 0 Å². The fraction of sp³-hybridized carbons (Fsp3) is 0.500. The molecule has 0 atom stereocenters. The second kappa shape index (κ2) is 4.25. The van der Waals surface area contributed by atoms with Gasteiger partial charge in [0, 0.05) is 11.6 Å². The number of imidazole rings is 1. The summed E-state index contributed by atoms with van der Waals surface area (Å²) >= 11 is 6.09. The summed E-state index contributed by atoms with van der Waals surface area (Å²) in [6, 6.07) is 5.86. The maximum absolute atomic E-state index is 6.44. The number of hydrogen-bond acceptors (Lipinski definition) is 2. The lowest BCUT2D eigenvalue weighted by atomic mass is 9.77. The zero-order chi connectivity index (χ0) is 12.8. The predicted octanol–water partition coefficient (Wildman–Crippen LogP) is 3.44. The van der Waals surface area contributed by atoms with Crippen LogP contribution in [0.5, 0.6) is 0 Å². The third-order valence-electron chi connectivity index (χ3n) is 3.85. The molecule has 1 saturated carbocycles. The number of hydrogen-bond donors (Lipinski definition) is 1. The van der Waals surface area contributed by atoms with Crippen molar-refractivity contribution in [3.8, 4) is 0 Å². The highest BCUT2D eigenvalue weighted by molar-refractivity contribution is 6.31. The normalized spacial score (nSPS) is 17.9. The summed E-state index contributed by atoms with van der Waals surface area (Å²) in [5, 5.41) is 0.756. The van der Waals surface area contributed by atoms with Crippen molar-refractivity contribution in [2.45, 2.75) is 44.7 Å². The zero-order valence-corrected chi connectivity index (χ0v) is 11.4. The number of nitrogens with two attached hydrogens (primary N) is 1. The van der Waals surface area contributed by atoms with Crippen molar-refractivity contribution in [3.05, 3.63) is 29.0 Å². The Morgan fingerprint density at radius 3 is 2.83 bits per heavy atom. The van der Waals surface area contributed by atoms with Crippen LogP contribution in [-0.4, -0.2) is 9.55 Å². The van der Waals surface area contributed by atoms with E-state index in [0.29, 0.717) is 0 Å². The molecule has 1 fully saturated rings. The lowest BCUT2D eigenvalue weighted by Gasteiger charge is -2.37. The van der Waals surface area contributed by atoms with Crippen molar-refractivity contribution >= 4 is 22.6 Å². The molecule has 0 aliphatic heterocycles. The second-order valence-corrected chi connectivity index (χ2v) is 5.67. The molecule has 0 amide bonds. The second-order valence-electron chi connectivity index (χ2n) is 5.23. The van der Waals surface area contributed by atoms with Gasteiger partial charge in [-0.15, -0.1) is 0 Å². The minimum Gasteiger partial charge on any atom is -0.326 e. The van der Waals surface area contributed by atoms with Crippen LogP contribution in [-0.2, 0) is 12.1 Å². The van der Waals surface area contributed by atoms with Crippen LogP contribution in [0, 0.1) is 0 Å². The van der Waals surface area contributed by atoms with E-state index in [0.717, 1.165) is 47.7 Å². The lowest BCUT2D eigenvalue weighted by Crippen LogP contribution is -2.45. The van der Waals surface area contributed by atoms with Crippen molar-refractivity contribution in [2.75, 3.05) is 0 Å². The Labute approximate surface area is 112 Å². The first-order valence-corrected chi connectivity index (χ1v) is 6.97. The van der Waals surface area contributed by atoms with Crippen LogP contribution in [0.15, 0.2) is 18.2 Å². The summed E-state index contributed by atoms with van der Waals surface area (Å²) in [7, 11) is 0. The molecular formula is C14H18ClN3. The Kier molecular flexibility index (Phi) is 2.83. The molecule has 3 nitrogen and oxygen atoms in total. The minimum atomic E-state index is -0.222. The van der Waals surface area contributed by atoms with Gasteiger partial charge in [0.05, 0.1) is 16.6 Å². The smallest absolute Gasteiger partial charge is 0.130 e. The molecule has 1 aromatic carbocycles. The Hall–Kier alpha value is -1.06. The molecule has 0 unspecified atom stereocenters. The lowest BCUT2D eigenvalue weighted by molar-refractivity contribution is 0.231. The largest absolute Gasteiger partial charge is 0.326 e. The number of benzene rings is 1. The molecule has 18 heavy (non-hydrogen) atoms. The molecule has 3 rings (SSSR count). The zero-order valence-electron chi connectivity index (χ0n) is 10.6. The topological polar surface area (TPSA) is 43.8 Å². The standard InChI is InChI=1S/C14H18ClN3/c1-2-8-18-12-9-10(15)4-5-11(12)17-13(18)14(16)6-3-7-14/h4-5,9H,2-3,6-8,16H2,1H3. The average molecular weight is 264 g/mol. The summed E-state index contributed by atoms with van der Waals surface area (Å²) in [6.07, 6.45) is 4.34. The predicted molar refractivity (Wildman–Crippen MR) is 74.8 cm³/mol. The number of aromatic nitrogens is 2. The Bertz CT molecular complexity index is 584. The number of fused-ring (bicyclic) bond motifs is 1. The van der Waals surface area contributed by atoms with Crippen molar-refractivity contribution in [3.63, 3.8) is 0 Å². The molecule has 0 spiro atoms. The first kappa shape index (κ1) is 12.0. The van der Waals surface area contributed by atoms with E-state index in [2.05, 4.69) is 11.5 Å². The van der Waals surface area contributed by atoms with Crippen LogP contribution in [0.2, 0.25) is 5.02 Å². The van der Waals surface area contributed by atoms with Gasteiger partial charge >= 0.3 is 0 Å². The third kappa shape index (κ3) is 1.73. The summed E-state index contributed by atoms with van der Waals surface area (Å²) in [5.74, 6) is 1.04. The van der Waals surface area contributed by atoms with E-state index in [1.165, 1.54) is 6.42 Å². The minimum absolute atomic E-state index is 0.222. The van der Waals surface area contributed by atoms with E-state index < -0.39 is 0 Å². The van der Waals surface area contributed by atoms with Crippen LogP contribution in [0.4, 0.5) is 0 Å². The van der Waals surface area contributed by atoms with Gasteiger partial charge < -0.3 is 10.3 Å². The van der Waals surface area contributed by atoms with Gasteiger partial charge in [-0.25, -0.2) is 4.98 Å². The fourth-order valence-electron chi connectivity index (χ4n) is 2.71. The fourth-order valence-corrected chi connectivity index (χ4v) is 2.87. The van der Waals surface area contributed by atoms with Crippen LogP contribution in [0.25, 0.3) is 11.0 Å². The quantitative estimate of drug-likeness (QED) is 0.922. The van der Waals surface area contributed by atoms with Crippen LogP contribution >= 0.6 is 11.6 Å². The molecule has 1 aliphatic rings. The monoisotopic (exact) mass is 263 g/mol. The molecule has 0 radical (unpaired) electrons. The highest BCUT2D eigenvalue weighted by atomic mass is 35.5. The van der Waals surface area contributed by atoms with Crippen molar-refractivity contribution < 1.29 is 0 Å². The highest BCUT2D eigenvalue weighted by Gasteiger charge is 2.38. The van der Waals surface area contributed by atoms with E-state index in [1.54, 1.807) is 0 Å². The Morgan fingerprint density at radius 1 is 1.44 bits per heavy atom. The summed E-state index contributed by atoms with van der Waals surface area (Å²) in [6.45, 7) is 3.12. The summed E-state index contributed by atoms with van der Waals surface area (Å²) < 4.78 is 2.25. The third-order valence-corrected chi connectivity index (χ3v) is 4.08. The first-order chi connectivity index (χ1) is 8.64. The maximum Gasteiger partial charge on any atom is 0.130 e. The molecular weight excluding hydrogens is 246 g/mol. The van der Waals surface area contributed by atoms with E-state index in [1.807, 2.05) is 18.2 Å². The molecule has 2 aromatic rings. The average Bonchev–Trinajstić information content (AvgIpc) is 2.66. The van der Waals surface area contributed by atoms with Gasteiger partial charge in [-0.2, -0.15) is 0 Å². The van der Waals surface area contributed by atoms with Gasteiger partial charge in [0.15, 0.2) is 0 Å². The van der Waals surface area contributed by atoms with Crippen molar-refractivity contribution in [1.82, 2.24) is 9.55 Å². The number of rotatable bonds is 3. The van der Waals surface area contributed by atoms with Crippen LogP contribution in [0.3, 0.4) is 0 Å². The van der Waals surface area contributed by atoms with Gasteiger partial charge in [-0.1, -0.05) is 18.5 Å². The number of nitrogens with zero attached hydrogens (tertiary/aromatic N) is 2. The molecule has 1 heterocycles. The molecule has 0 bridgehead atoms. The van der Waals surface area contributed by atoms with Gasteiger partial charge in [-0.05, 0) is 43.9 Å². The van der Waals surface area contributed by atoms with E-state index in [4.69, 9.17) is 22.3 Å². The maximum atomic E-state index is 6.44. The van der Waals surface area contributed by atoms with Gasteiger partial charge in [0.2, 0.25) is 0 Å². The first-order valence-electron chi connectivity index (χ1n) is 6.59. The molecule has 96 valence electrons. The molecule has 2 N–H and O–H groups in total. The molecule has 4 heteroatoms.